The summed E-state index contributed by atoms with van der Waals surface area (Å²) in [4.78, 5) is 12.6. The molecule has 0 saturated heterocycles. The lowest BCUT2D eigenvalue weighted by molar-refractivity contribution is 0.0577. The van der Waals surface area contributed by atoms with Crippen molar-refractivity contribution < 1.29 is 14.3 Å². The molecular formula is C10H14O3S. The molecule has 0 spiro atoms. The van der Waals surface area contributed by atoms with Crippen molar-refractivity contribution in [2.45, 2.75) is 6.92 Å². The van der Waals surface area contributed by atoms with Crippen LogP contribution in [0.25, 0.3) is 0 Å². The van der Waals surface area contributed by atoms with Crippen molar-refractivity contribution in [2.24, 2.45) is 0 Å². The van der Waals surface area contributed by atoms with Crippen LogP contribution in [0.4, 0.5) is 0 Å². The fourth-order valence-electron chi connectivity index (χ4n) is 1.06. The van der Waals surface area contributed by atoms with Gasteiger partial charge >= 0.3 is 0 Å². The number of hydrogen-bond donors (Lipinski definition) is 0. The molecule has 0 N–H and O–H groups in total. The van der Waals surface area contributed by atoms with E-state index in [1.165, 1.54) is 0 Å². The zero-order valence-corrected chi connectivity index (χ0v) is 9.23. The van der Waals surface area contributed by atoms with Crippen LogP contribution >= 0.6 is 11.3 Å². The van der Waals surface area contributed by atoms with Crippen molar-refractivity contribution in [2.75, 3.05) is 26.9 Å². The minimum Gasteiger partial charge on any atom is -0.382 e. The number of ketones is 1. The highest BCUT2D eigenvalue weighted by atomic mass is 32.1. The number of carbonyl (C=O) groups excluding carboxylic acids is 1. The molecule has 78 valence electrons. The van der Waals surface area contributed by atoms with E-state index in [4.69, 9.17) is 9.47 Å². The molecule has 0 bridgehead atoms. The highest BCUT2D eigenvalue weighted by Gasteiger charge is 2.09. The zero-order chi connectivity index (χ0) is 10.4. The van der Waals surface area contributed by atoms with Crippen LogP contribution in [-0.4, -0.2) is 32.7 Å². The third-order valence-electron chi connectivity index (χ3n) is 1.82. The Balaban J connectivity index is 2.32. The summed E-state index contributed by atoms with van der Waals surface area (Å²) in [5.74, 6) is 0.0415. The van der Waals surface area contributed by atoms with Gasteiger partial charge in [0.2, 0.25) is 0 Å². The summed E-state index contributed by atoms with van der Waals surface area (Å²) in [6.45, 7) is 3.06. The molecule has 1 heterocycles. The molecule has 0 radical (unpaired) electrons. The van der Waals surface area contributed by atoms with Crippen LogP contribution in [0.15, 0.2) is 11.4 Å². The molecule has 0 amide bonds. The minimum atomic E-state index is 0.0415. The lowest BCUT2D eigenvalue weighted by Gasteiger charge is -2.02. The summed E-state index contributed by atoms with van der Waals surface area (Å²) in [5, 5.41) is 1.91. The summed E-state index contributed by atoms with van der Waals surface area (Å²) < 4.78 is 9.95. The van der Waals surface area contributed by atoms with Crippen molar-refractivity contribution in [3.63, 3.8) is 0 Å². The van der Waals surface area contributed by atoms with Gasteiger partial charge in [0, 0.05) is 17.6 Å². The van der Waals surface area contributed by atoms with Gasteiger partial charge in [0.05, 0.1) is 13.2 Å². The average Bonchev–Trinajstić information content (AvgIpc) is 2.59. The third-order valence-corrected chi connectivity index (χ3v) is 2.67. The molecule has 0 saturated carbocycles. The number of carbonyl (C=O) groups is 1. The van der Waals surface area contributed by atoms with Gasteiger partial charge < -0.3 is 9.47 Å². The van der Waals surface area contributed by atoms with Crippen molar-refractivity contribution in [1.82, 2.24) is 0 Å². The topological polar surface area (TPSA) is 35.5 Å². The van der Waals surface area contributed by atoms with Crippen LogP contribution in [0.1, 0.15) is 15.2 Å². The second-order valence-electron chi connectivity index (χ2n) is 2.86. The van der Waals surface area contributed by atoms with Gasteiger partial charge in [-0.15, -0.1) is 11.3 Å². The molecule has 0 aliphatic heterocycles. The Kier molecular flexibility index (Phi) is 4.79. The first-order chi connectivity index (χ1) is 6.75. The normalized spacial score (nSPS) is 10.4. The SMILES string of the molecule is COCCOCC(=O)c1ccsc1C. The van der Waals surface area contributed by atoms with E-state index in [1.54, 1.807) is 18.4 Å². The quantitative estimate of drug-likeness (QED) is 0.536. The molecule has 0 aliphatic carbocycles. The fraction of sp³-hybridized carbons (Fsp3) is 0.500. The van der Waals surface area contributed by atoms with Gasteiger partial charge in [-0.05, 0) is 18.4 Å². The van der Waals surface area contributed by atoms with E-state index in [0.29, 0.717) is 13.2 Å². The van der Waals surface area contributed by atoms with Gasteiger partial charge in [-0.1, -0.05) is 0 Å². The Morgan fingerprint density at radius 1 is 1.50 bits per heavy atom. The van der Waals surface area contributed by atoms with Gasteiger partial charge in [-0.3, -0.25) is 4.79 Å². The Hall–Kier alpha value is -0.710. The van der Waals surface area contributed by atoms with E-state index >= 15 is 0 Å². The molecule has 1 rings (SSSR count). The standard InChI is InChI=1S/C10H14O3S/c1-8-9(3-6-14-8)10(11)7-13-5-4-12-2/h3,6H,4-5,7H2,1-2H3. The van der Waals surface area contributed by atoms with Gasteiger partial charge in [0.1, 0.15) is 6.61 Å². The van der Waals surface area contributed by atoms with Gasteiger partial charge in [-0.2, -0.15) is 0 Å². The molecule has 0 aliphatic rings. The number of aryl methyl sites for hydroxylation is 1. The summed E-state index contributed by atoms with van der Waals surface area (Å²) in [6.07, 6.45) is 0. The van der Waals surface area contributed by atoms with Gasteiger partial charge in [0.15, 0.2) is 5.78 Å². The minimum absolute atomic E-state index is 0.0415. The number of Topliss-reactive ketones (excluding diaryl/α,β-unsaturated/α-hetero) is 1. The number of hydrogen-bond acceptors (Lipinski definition) is 4. The second kappa shape index (κ2) is 5.90. The zero-order valence-electron chi connectivity index (χ0n) is 8.41. The van der Waals surface area contributed by atoms with E-state index in [0.717, 1.165) is 10.4 Å². The number of ether oxygens (including phenoxy) is 2. The van der Waals surface area contributed by atoms with Crippen LogP contribution in [0.5, 0.6) is 0 Å². The first-order valence-electron chi connectivity index (χ1n) is 4.39. The monoisotopic (exact) mass is 214 g/mol. The summed E-state index contributed by atoms with van der Waals surface area (Å²) >= 11 is 1.58. The highest BCUT2D eigenvalue weighted by molar-refractivity contribution is 7.10. The Morgan fingerprint density at radius 3 is 2.86 bits per heavy atom. The molecule has 3 nitrogen and oxygen atoms in total. The van der Waals surface area contributed by atoms with Crippen molar-refractivity contribution in [3.05, 3.63) is 21.9 Å². The van der Waals surface area contributed by atoms with Crippen molar-refractivity contribution >= 4 is 17.1 Å². The fourth-order valence-corrected chi connectivity index (χ4v) is 1.78. The summed E-state index contributed by atoms with van der Waals surface area (Å²) in [5.41, 5.74) is 0.771. The van der Waals surface area contributed by atoms with Crippen LogP contribution in [0.2, 0.25) is 0 Å². The van der Waals surface area contributed by atoms with Crippen LogP contribution in [0.3, 0.4) is 0 Å². The van der Waals surface area contributed by atoms with Crippen LogP contribution in [0, 0.1) is 6.92 Å². The number of methoxy groups -OCH3 is 1. The first-order valence-corrected chi connectivity index (χ1v) is 5.27. The molecule has 0 fully saturated rings. The van der Waals surface area contributed by atoms with E-state index in [1.807, 2.05) is 18.4 Å². The Labute approximate surface area is 87.7 Å². The molecule has 14 heavy (non-hydrogen) atoms. The average molecular weight is 214 g/mol. The first kappa shape index (κ1) is 11.4. The lowest BCUT2D eigenvalue weighted by Crippen LogP contribution is -2.12. The molecule has 0 unspecified atom stereocenters. The van der Waals surface area contributed by atoms with E-state index in [-0.39, 0.29) is 12.4 Å². The molecule has 4 heteroatoms. The maximum Gasteiger partial charge on any atom is 0.189 e. The van der Waals surface area contributed by atoms with Gasteiger partial charge in [-0.25, -0.2) is 0 Å². The summed E-state index contributed by atoms with van der Waals surface area (Å²) in [7, 11) is 1.61. The predicted octanol–water partition coefficient (Wildman–Crippen LogP) is 1.90. The molecule has 0 aromatic carbocycles. The smallest absolute Gasteiger partial charge is 0.189 e. The largest absolute Gasteiger partial charge is 0.382 e. The molecular weight excluding hydrogens is 200 g/mol. The highest BCUT2D eigenvalue weighted by Crippen LogP contribution is 2.15. The predicted molar refractivity (Wildman–Crippen MR) is 56.1 cm³/mol. The Morgan fingerprint density at radius 2 is 2.29 bits per heavy atom. The van der Waals surface area contributed by atoms with Crippen molar-refractivity contribution in [3.8, 4) is 0 Å². The molecule has 0 atom stereocenters. The van der Waals surface area contributed by atoms with Gasteiger partial charge in [0.25, 0.3) is 0 Å². The summed E-state index contributed by atoms with van der Waals surface area (Å²) in [6, 6.07) is 1.84. The van der Waals surface area contributed by atoms with Crippen molar-refractivity contribution in [1.29, 1.82) is 0 Å². The third kappa shape index (κ3) is 3.21. The number of rotatable bonds is 6. The van der Waals surface area contributed by atoms with E-state index in [2.05, 4.69) is 0 Å². The molecule has 1 aromatic heterocycles. The van der Waals surface area contributed by atoms with E-state index in [9.17, 15) is 4.79 Å². The second-order valence-corrected chi connectivity index (χ2v) is 3.98. The number of thiophene rings is 1. The van der Waals surface area contributed by atoms with Crippen LogP contribution < -0.4 is 0 Å². The maximum atomic E-state index is 11.5. The van der Waals surface area contributed by atoms with Crippen LogP contribution in [-0.2, 0) is 9.47 Å². The molecule has 1 aromatic rings. The maximum absolute atomic E-state index is 11.5. The van der Waals surface area contributed by atoms with E-state index < -0.39 is 0 Å². The lowest BCUT2D eigenvalue weighted by atomic mass is 10.2. The Bertz CT molecular complexity index is 293.